The van der Waals surface area contributed by atoms with Crippen molar-refractivity contribution in [1.29, 1.82) is 0 Å². The molecule has 0 fully saturated rings. The first kappa shape index (κ1) is 17.5. The Hall–Kier alpha value is -2.34. The fraction of sp³-hybridized carbons (Fsp3) is 0.280. The third-order valence-electron chi connectivity index (χ3n) is 4.76. The van der Waals surface area contributed by atoms with Crippen molar-refractivity contribution >= 4 is 0 Å². The molecule has 0 aliphatic carbocycles. The second kappa shape index (κ2) is 6.52. The van der Waals surface area contributed by atoms with Crippen LogP contribution in [0.25, 0.3) is 22.3 Å². The Morgan fingerprint density at radius 1 is 0.520 bits per heavy atom. The van der Waals surface area contributed by atoms with Gasteiger partial charge in [0.25, 0.3) is 0 Å². The van der Waals surface area contributed by atoms with Crippen LogP contribution in [0.5, 0.6) is 0 Å². The summed E-state index contributed by atoms with van der Waals surface area (Å²) in [7, 11) is 0. The predicted molar refractivity (Wildman–Crippen MR) is 110 cm³/mol. The number of hydrogen-bond acceptors (Lipinski definition) is 0. The van der Waals surface area contributed by atoms with Crippen LogP contribution in [0.4, 0.5) is 0 Å². The summed E-state index contributed by atoms with van der Waals surface area (Å²) in [6.07, 6.45) is 0. The van der Waals surface area contributed by atoms with Gasteiger partial charge in [0.2, 0.25) is 0 Å². The van der Waals surface area contributed by atoms with Crippen LogP contribution in [0, 0.1) is 20.8 Å². The van der Waals surface area contributed by atoms with E-state index >= 15 is 0 Å². The van der Waals surface area contributed by atoms with Crippen molar-refractivity contribution in [3.8, 4) is 22.3 Å². The molecule has 0 saturated carbocycles. The van der Waals surface area contributed by atoms with E-state index in [1.165, 1.54) is 44.5 Å². The van der Waals surface area contributed by atoms with Gasteiger partial charge in [0.1, 0.15) is 0 Å². The Labute approximate surface area is 152 Å². The molecule has 25 heavy (non-hydrogen) atoms. The standard InChI is InChI=1S/C25H28/c1-17-7-11-20(12-8-17)22-15-19(3)16-23(24(22)25(4,5)6)21-13-9-18(2)10-14-21/h7-16H,1-6H3. The van der Waals surface area contributed by atoms with Gasteiger partial charge in [-0.05, 0) is 59.6 Å². The molecular formula is C25H28. The second-order valence-corrected chi connectivity index (χ2v) is 8.22. The molecule has 0 aromatic heterocycles. The van der Waals surface area contributed by atoms with Crippen molar-refractivity contribution in [3.63, 3.8) is 0 Å². The molecular weight excluding hydrogens is 300 g/mol. The highest BCUT2D eigenvalue weighted by atomic mass is 14.3. The first-order valence-electron chi connectivity index (χ1n) is 9.05. The summed E-state index contributed by atoms with van der Waals surface area (Å²) in [4.78, 5) is 0. The highest BCUT2D eigenvalue weighted by Gasteiger charge is 2.23. The highest BCUT2D eigenvalue weighted by Crippen LogP contribution is 2.41. The molecule has 0 heterocycles. The van der Waals surface area contributed by atoms with Gasteiger partial charge in [0.05, 0.1) is 0 Å². The summed E-state index contributed by atoms with van der Waals surface area (Å²) >= 11 is 0. The van der Waals surface area contributed by atoms with Crippen LogP contribution in [0.15, 0.2) is 60.7 Å². The van der Waals surface area contributed by atoms with E-state index < -0.39 is 0 Å². The van der Waals surface area contributed by atoms with Crippen LogP contribution >= 0.6 is 0 Å². The summed E-state index contributed by atoms with van der Waals surface area (Å²) < 4.78 is 0. The lowest BCUT2D eigenvalue weighted by atomic mass is 9.76. The van der Waals surface area contributed by atoms with E-state index in [0.717, 1.165) is 0 Å². The number of hydrogen-bond donors (Lipinski definition) is 0. The van der Waals surface area contributed by atoms with Crippen molar-refractivity contribution in [1.82, 2.24) is 0 Å². The lowest BCUT2D eigenvalue weighted by Crippen LogP contribution is -2.15. The summed E-state index contributed by atoms with van der Waals surface area (Å²) in [6.45, 7) is 13.4. The van der Waals surface area contributed by atoms with Crippen molar-refractivity contribution in [2.24, 2.45) is 0 Å². The molecule has 0 unspecified atom stereocenters. The largest absolute Gasteiger partial charge is 0.0587 e. The fourth-order valence-corrected chi connectivity index (χ4v) is 3.52. The van der Waals surface area contributed by atoms with E-state index in [-0.39, 0.29) is 5.41 Å². The molecule has 3 rings (SSSR count). The smallest absolute Gasteiger partial charge is 0.0120 e. The average molecular weight is 328 g/mol. The van der Waals surface area contributed by atoms with Crippen molar-refractivity contribution in [3.05, 3.63) is 82.9 Å². The Bertz CT molecular complexity index is 806. The van der Waals surface area contributed by atoms with Gasteiger partial charge in [-0.3, -0.25) is 0 Å². The van der Waals surface area contributed by atoms with Gasteiger partial charge in [0, 0.05) is 0 Å². The number of aryl methyl sites for hydroxylation is 3. The third-order valence-corrected chi connectivity index (χ3v) is 4.76. The molecule has 0 amide bonds. The van der Waals surface area contributed by atoms with Crippen molar-refractivity contribution < 1.29 is 0 Å². The Balaban J connectivity index is 2.32. The molecule has 0 heteroatoms. The van der Waals surface area contributed by atoms with Crippen LogP contribution < -0.4 is 0 Å². The van der Waals surface area contributed by atoms with Crippen LogP contribution in [-0.2, 0) is 5.41 Å². The molecule has 0 radical (unpaired) electrons. The molecule has 0 aliphatic rings. The second-order valence-electron chi connectivity index (χ2n) is 8.22. The van der Waals surface area contributed by atoms with Gasteiger partial charge in [-0.2, -0.15) is 0 Å². The molecule has 0 saturated heterocycles. The SMILES string of the molecule is Cc1ccc(-c2cc(C)cc(-c3ccc(C)cc3)c2C(C)(C)C)cc1. The van der Waals surface area contributed by atoms with Gasteiger partial charge in [-0.15, -0.1) is 0 Å². The van der Waals surface area contributed by atoms with Crippen LogP contribution in [0.3, 0.4) is 0 Å². The number of rotatable bonds is 2. The van der Waals surface area contributed by atoms with E-state index in [4.69, 9.17) is 0 Å². The topological polar surface area (TPSA) is 0 Å². The summed E-state index contributed by atoms with van der Waals surface area (Å²) in [5.74, 6) is 0. The molecule has 0 N–H and O–H groups in total. The third kappa shape index (κ3) is 3.69. The van der Waals surface area contributed by atoms with Gasteiger partial charge < -0.3 is 0 Å². The van der Waals surface area contributed by atoms with Crippen LogP contribution in [0.2, 0.25) is 0 Å². The van der Waals surface area contributed by atoms with E-state index in [1.54, 1.807) is 0 Å². The lowest BCUT2D eigenvalue weighted by molar-refractivity contribution is 0.593. The zero-order valence-corrected chi connectivity index (χ0v) is 16.3. The average Bonchev–Trinajstić information content (AvgIpc) is 2.54. The lowest BCUT2D eigenvalue weighted by Gasteiger charge is -2.28. The quantitative estimate of drug-likeness (QED) is 0.465. The van der Waals surface area contributed by atoms with Crippen LogP contribution in [0.1, 0.15) is 43.0 Å². The molecule has 0 aliphatic heterocycles. The van der Waals surface area contributed by atoms with Gasteiger partial charge in [0.15, 0.2) is 0 Å². The first-order chi connectivity index (χ1) is 11.8. The maximum Gasteiger partial charge on any atom is -0.0120 e. The molecule has 0 atom stereocenters. The zero-order chi connectivity index (χ0) is 18.2. The highest BCUT2D eigenvalue weighted by molar-refractivity contribution is 5.81. The van der Waals surface area contributed by atoms with E-state index in [1.807, 2.05) is 0 Å². The molecule has 3 aromatic carbocycles. The Morgan fingerprint density at radius 3 is 1.20 bits per heavy atom. The monoisotopic (exact) mass is 328 g/mol. The minimum atomic E-state index is 0.0636. The van der Waals surface area contributed by atoms with Crippen molar-refractivity contribution in [2.75, 3.05) is 0 Å². The van der Waals surface area contributed by atoms with Crippen LogP contribution in [-0.4, -0.2) is 0 Å². The van der Waals surface area contributed by atoms with E-state index in [2.05, 4.69) is 102 Å². The minimum absolute atomic E-state index is 0.0636. The summed E-state index contributed by atoms with van der Waals surface area (Å²) in [6, 6.07) is 22.5. The molecule has 0 nitrogen and oxygen atoms in total. The molecule has 0 bridgehead atoms. The molecule has 0 spiro atoms. The number of benzene rings is 3. The van der Waals surface area contributed by atoms with Gasteiger partial charge in [-0.25, -0.2) is 0 Å². The normalized spacial score (nSPS) is 11.6. The first-order valence-corrected chi connectivity index (χ1v) is 9.05. The zero-order valence-electron chi connectivity index (χ0n) is 16.3. The Morgan fingerprint density at radius 2 is 0.880 bits per heavy atom. The molecule has 128 valence electrons. The van der Waals surface area contributed by atoms with Gasteiger partial charge in [-0.1, -0.05) is 92.6 Å². The predicted octanol–water partition coefficient (Wildman–Crippen LogP) is 7.24. The van der Waals surface area contributed by atoms with E-state index in [0.29, 0.717) is 0 Å². The molecule has 3 aromatic rings. The van der Waals surface area contributed by atoms with E-state index in [9.17, 15) is 0 Å². The van der Waals surface area contributed by atoms with Gasteiger partial charge >= 0.3 is 0 Å². The summed E-state index contributed by atoms with van der Waals surface area (Å²) in [5, 5.41) is 0. The Kier molecular flexibility index (Phi) is 4.56. The fourth-order valence-electron chi connectivity index (χ4n) is 3.52. The van der Waals surface area contributed by atoms with Crippen molar-refractivity contribution in [2.45, 2.75) is 47.0 Å². The maximum absolute atomic E-state index is 2.34. The maximum atomic E-state index is 2.34. The minimum Gasteiger partial charge on any atom is -0.0587 e. The summed E-state index contributed by atoms with van der Waals surface area (Å²) in [5.41, 5.74) is 10.7.